The maximum atomic E-state index is 11.8. The molecule has 0 fully saturated rings. The first kappa shape index (κ1) is 14.3. The van der Waals surface area contributed by atoms with Gasteiger partial charge in [0.25, 0.3) is 0 Å². The molecule has 0 radical (unpaired) electrons. The molecule has 0 unspecified atom stereocenters. The highest BCUT2D eigenvalue weighted by molar-refractivity contribution is 7.09. The molecule has 0 aliphatic rings. The topological polar surface area (TPSA) is 55.1 Å². The lowest BCUT2D eigenvalue weighted by molar-refractivity contribution is -0.111. The number of hydrogen-bond acceptors (Lipinski definition) is 4. The van der Waals surface area contributed by atoms with Crippen molar-refractivity contribution >= 4 is 29.0 Å². The lowest BCUT2D eigenvalue weighted by Crippen LogP contribution is -2.07. The van der Waals surface area contributed by atoms with E-state index in [2.05, 4.69) is 10.3 Å². The van der Waals surface area contributed by atoms with Crippen molar-refractivity contribution in [3.8, 4) is 11.3 Å². The highest BCUT2D eigenvalue weighted by Crippen LogP contribution is 2.23. The van der Waals surface area contributed by atoms with Gasteiger partial charge in [-0.1, -0.05) is 12.1 Å². The summed E-state index contributed by atoms with van der Waals surface area (Å²) in [7, 11) is 0. The Morgan fingerprint density at radius 2 is 2.09 bits per heavy atom. The summed E-state index contributed by atoms with van der Waals surface area (Å²) < 4.78 is 5.13. The molecular formula is C17H14N2O2S. The van der Waals surface area contributed by atoms with Crippen LogP contribution in [0.3, 0.4) is 0 Å². The Morgan fingerprint density at radius 1 is 1.27 bits per heavy atom. The number of aryl methyl sites for hydroxylation is 1. The summed E-state index contributed by atoms with van der Waals surface area (Å²) in [6.45, 7) is 1.98. The second-order valence-electron chi connectivity index (χ2n) is 4.67. The lowest BCUT2D eigenvalue weighted by Gasteiger charge is -2.03. The molecule has 5 heteroatoms. The molecule has 3 rings (SSSR count). The molecule has 0 spiro atoms. The highest BCUT2D eigenvalue weighted by atomic mass is 32.1. The molecule has 2 heterocycles. The van der Waals surface area contributed by atoms with Crippen LogP contribution in [-0.2, 0) is 4.79 Å². The number of aromatic nitrogens is 1. The van der Waals surface area contributed by atoms with Crippen LogP contribution in [0.4, 0.5) is 5.69 Å². The Bertz CT molecular complexity index is 786. The van der Waals surface area contributed by atoms with Crippen LogP contribution in [0.15, 0.2) is 58.5 Å². The number of carbonyl (C=O) groups is 1. The van der Waals surface area contributed by atoms with Crippen LogP contribution in [-0.4, -0.2) is 10.9 Å². The van der Waals surface area contributed by atoms with Gasteiger partial charge in [0.1, 0.15) is 5.76 Å². The van der Waals surface area contributed by atoms with E-state index in [0.717, 1.165) is 22.0 Å². The van der Waals surface area contributed by atoms with Gasteiger partial charge in [-0.2, -0.15) is 0 Å². The molecule has 1 N–H and O–H groups in total. The summed E-state index contributed by atoms with van der Waals surface area (Å²) in [6.07, 6.45) is 4.63. The van der Waals surface area contributed by atoms with Crippen LogP contribution in [0.2, 0.25) is 0 Å². The molecule has 0 saturated carbocycles. The SMILES string of the molecule is Cc1nc(-c2ccc(NC(=O)/C=C/c3ccco3)cc2)cs1. The number of nitrogens with zero attached hydrogens (tertiary/aromatic N) is 1. The predicted octanol–water partition coefficient (Wildman–Crippen LogP) is 4.36. The second-order valence-corrected chi connectivity index (χ2v) is 5.73. The minimum atomic E-state index is -0.200. The molecule has 4 nitrogen and oxygen atoms in total. The van der Waals surface area contributed by atoms with Crippen molar-refractivity contribution in [2.24, 2.45) is 0 Å². The molecule has 110 valence electrons. The molecule has 1 aromatic carbocycles. The van der Waals surface area contributed by atoms with Crippen LogP contribution in [0, 0.1) is 6.92 Å². The highest BCUT2D eigenvalue weighted by Gasteiger charge is 2.03. The van der Waals surface area contributed by atoms with Crippen LogP contribution < -0.4 is 5.32 Å². The normalized spacial score (nSPS) is 11.0. The molecule has 0 aliphatic carbocycles. The van der Waals surface area contributed by atoms with Gasteiger partial charge in [0.15, 0.2) is 0 Å². The van der Waals surface area contributed by atoms with Crippen molar-refractivity contribution in [2.75, 3.05) is 5.32 Å². The fraction of sp³-hybridized carbons (Fsp3) is 0.0588. The Hall–Kier alpha value is -2.66. The maximum Gasteiger partial charge on any atom is 0.248 e. The van der Waals surface area contributed by atoms with Gasteiger partial charge in [0.2, 0.25) is 5.91 Å². The van der Waals surface area contributed by atoms with Gasteiger partial charge in [-0.3, -0.25) is 4.79 Å². The average Bonchev–Trinajstić information content (AvgIpc) is 3.17. The van der Waals surface area contributed by atoms with E-state index in [9.17, 15) is 4.79 Å². The van der Waals surface area contributed by atoms with E-state index in [1.54, 1.807) is 35.8 Å². The van der Waals surface area contributed by atoms with Crippen LogP contribution in [0.25, 0.3) is 17.3 Å². The molecule has 0 bridgehead atoms. The van der Waals surface area contributed by atoms with Gasteiger partial charge < -0.3 is 9.73 Å². The predicted molar refractivity (Wildman–Crippen MR) is 88.7 cm³/mol. The molecule has 0 aliphatic heterocycles. The fourth-order valence-electron chi connectivity index (χ4n) is 1.95. The van der Waals surface area contributed by atoms with Crippen LogP contribution in [0.1, 0.15) is 10.8 Å². The number of anilines is 1. The minimum Gasteiger partial charge on any atom is -0.465 e. The molecule has 0 saturated heterocycles. The first-order valence-corrected chi connectivity index (χ1v) is 7.64. The monoisotopic (exact) mass is 310 g/mol. The van der Waals surface area contributed by atoms with Crippen molar-refractivity contribution in [1.29, 1.82) is 0 Å². The molecule has 1 amide bonds. The standard InChI is InChI=1S/C17H14N2O2S/c1-12-18-16(11-22-12)13-4-6-14(7-5-13)19-17(20)9-8-15-3-2-10-21-15/h2-11H,1H3,(H,19,20)/b9-8+. The lowest BCUT2D eigenvalue weighted by atomic mass is 10.1. The van der Waals surface area contributed by atoms with E-state index in [1.807, 2.05) is 36.6 Å². The Morgan fingerprint density at radius 3 is 2.73 bits per heavy atom. The molecule has 2 aromatic heterocycles. The van der Waals surface area contributed by atoms with Crippen LogP contribution >= 0.6 is 11.3 Å². The van der Waals surface area contributed by atoms with Crippen molar-refractivity contribution in [3.05, 3.63) is 64.9 Å². The summed E-state index contributed by atoms with van der Waals surface area (Å²) >= 11 is 1.62. The Labute approximate surface area is 132 Å². The largest absolute Gasteiger partial charge is 0.465 e. The number of nitrogens with one attached hydrogen (secondary N) is 1. The van der Waals surface area contributed by atoms with Gasteiger partial charge in [-0.25, -0.2) is 4.98 Å². The van der Waals surface area contributed by atoms with Crippen molar-refractivity contribution in [1.82, 2.24) is 4.98 Å². The summed E-state index contributed by atoms with van der Waals surface area (Å²) in [5, 5.41) is 5.86. The summed E-state index contributed by atoms with van der Waals surface area (Å²) in [5.41, 5.74) is 2.73. The van der Waals surface area contributed by atoms with Gasteiger partial charge in [0.05, 0.1) is 17.0 Å². The number of thiazole rings is 1. The van der Waals surface area contributed by atoms with Gasteiger partial charge in [-0.15, -0.1) is 11.3 Å². The van der Waals surface area contributed by atoms with E-state index >= 15 is 0 Å². The first-order valence-electron chi connectivity index (χ1n) is 6.76. The molecular weight excluding hydrogens is 296 g/mol. The van der Waals surface area contributed by atoms with E-state index in [-0.39, 0.29) is 5.91 Å². The maximum absolute atomic E-state index is 11.8. The molecule has 3 aromatic rings. The first-order chi connectivity index (χ1) is 10.7. The number of hydrogen-bond donors (Lipinski definition) is 1. The minimum absolute atomic E-state index is 0.200. The number of furan rings is 1. The summed E-state index contributed by atoms with van der Waals surface area (Å²) in [6, 6.07) is 11.2. The van der Waals surface area contributed by atoms with Gasteiger partial charge in [-0.05, 0) is 37.3 Å². The number of amides is 1. The third kappa shape index (κ3) is 3.51. The fourth-order valence-corrected chi connectivity index (χ4v) is 2.57. The third-order valence-corrected chi connectivity index (χ3v) is 3.78. The van der Waals surface area contributed by atoms with E-state index in [4.69, 9.17) is 4.42 Å². The van der Waals surface area contributed by atoms with Crippen molar-refractivity contribution in [2.45, 2.75) is 6.92 Å². The second kappa shape index (κ2) is 6.41. The smallest absolute Gasteiger partial charge is 0.248 e. The van der Waals surface area contributed by atoms with Crippen LogP contribution in [0.5, 0.6) is 0 Å². The number of rotatable bonds is 4. The quantitative estimate of drug-likeness (QED) is 0.728. The number of carbonyl (C=O) groups excluding carboxylic acids is 1. The zero-order valence-corrected chi connectivity index (χ0v) is 12.8. The zero-order valence-electron chi connectivity index (χ0n) is 11.9. The van der Waals surface area contributed by atoms with Crippen molar-refractivity contribution < 1.29 is 9.21 Å². The average molecular weight is 310 g/mol. The van der Waals surface area contributed by atoms with Crippen molar-refractivity contribution in [3.63, 3.8) is 0 Å². The number of benzene rings is 1. The van der Waals surface area contributed by atoms with E-state index < -0.39 is 0 Å². The summed E-state index contributed by atoms with van der Waals surface area (Å²) in [5.74, 6) is 0.443. The van der Waals surface area contributed by atoms with E-state index in [0.29, 0.717) is 5.76 Å². The summed E-state index contributed by atoms with van der Waals surface area (Å²) in [4.78, 5) is 16.3. The van der Waals surface area contributed by atoms with Gasteiger partial charge in [0, 0.05) is 22.7 Å². The molecule has 0 atom stereocenters. The zero-order chi connectivity index (χ0) is 15.4. The third-order valence-electron chi connectivity index (χ3n) is 3.01. The van der Waals surface area contributed by atoms with E-state index in [1.165, 1.54) is 6.08 Å². The van der Waals surface area contributed by atoms with Gasteiger partial charge >= 0.3 is 0 Å². The Kier molecular flexibility index (Phi) is 4.16. The Balaban J connectivity index is 1.64. The molecule has 22 heavy (non-hydrogen) atoms.